The van der Waals surface area contributed by atoms with E-state index in [1.54, 1.807) is 27.2 Å². The molecular formula is C20H28F2N2O3. The lowest BCUT2D eigenvalue weighted by atomic mass is 9.89. The maximum Gasteiger partial charge on any atom is 0.222 e. The van der Waals surface area contributed by atoms with Crippen molar-refractivity contribution in [2.24, 2.45) is 0 Å². The van der Waals surface area contributed by atoms with Gasteiger partial charge in [-0.05, 0) is 52.8 Å². The molecule has 0 radical (unpaired) electrons. The number of nitrogens with two attached hydrogens (primary N) is 1. The Hall–Kier alpha value is -2.25. The van der Waals surface area contributed by atoms with Crippen molar-refractivity contribution in [2.75, 3.05) is 20.0 Å². The fourth-order valence-electron chi connectivity index (χ4n) is 1.84. The van der Waals surface area contributed by atoms with Crippen molar-refractivity contribution >= 4 is 5.69 Å². The fourth-order valence-corrected chi connectivity index (χ4v) is 1.84. The number of nitrogen functional groups attached to an aromatic ring is 1. The van der Waals surface area contributed by atoms with Crippen LogP contribution < -0.4 is 10.5 Å². The van der Waals surface area contributed by atoms with Crippen molar-refractivity contribution in [3.63, 3.8) is 0 Å². The summed E-state index contributed by atoms with van der Waals surface area (Å²) in [5.74, 6) is -1.27. The molecule has 0 aliphatic rings. The van der Waals surface area contributed by atoms with Crippen LogP contribution in [0.15, 0.2) is 30.5 Å². The summed E-state index contributed by atoms with van der Waals surface area (Å²) in [6, 6.07) is 4.74. The van der Waals surface area contributed by atoms with E-state index < -0.39 is 11.6 Å². The minimum absolute atomic E-state index is 0.0771. The molecule has 27 heavy (non-hydrogen) atoms. The van der Waals surface area contributed by atoms with Crippen LogP contribution in [0.3, 0.4) is 0 Å². The van der Waals surface area contributed by atoms with Crippen LogP contribution in [0.1, 0.15) is 33.3 Å². The Balaban J connectivity index is 0.000000314. The highest BCUT2D eigenvalue weighted by Crippen LogP contribution is 2.27. The van der Waals surface area contributed by atoms with Gasteiger partial charge in [0, 0.05) is 25.8 Å². The molecule has 1 aromatic heterocycles. The number of aryl methyl sites for hydroxylation is 1. The minimum atomic E-state index is -0.775. The molecule has 7 heteroatoms. The van der Waals surface area contributed by atoms with Crippen LogP contribution in [0.5, 0.6) is 11.6 Å². The van der Waals surface area contributed by atoms with Gasteiger partial charge in [0.2, 0.25) is 5.88 Å². The SMILES string of the molecule is COC(C)(C)C(C)(C)OC.Cc1cc(N)cnc1Oc1ccc(F)cc1F. The van der Waals surface area contributed by atoms with Crippen molar-refractivity contribution in [2.45, 2.75) is 45.8 Å². The third-order valence-corrected chi connectivity index (χ3v) is 4.62. The number of rotatable bonds is 5. The number of benzene rings is 1. The highest BCUT2D eigenvalue weighted by atomic mass is 19.1. The summed E-state index contributed by atoms with van der Waals surface area (Å²) in [6.07, 6.45) is 1.41. The zero-order chi connectivity index (χ0) is 20.8. The highest BCUT2D eigenvalue weighted by molar-refractivity contribution is 5.43. The molecule has 0 atom stereocenters. The number of pyridine rings is 1. The van der Waals surface area contributed by atoms with Crippen LogP contribution in [0.2, 0.25) is 0 Å². The van der Waals surface area contributed by atoms with Crippen molar-refractivity contribution in [3.8, 4) is 11.6 Å². The van der Waals surface area contributed by atoms with Gasteiger partial charge in [0.1, 0.15) is 5.82 Å². The van der Waals surface area contributed by atoms with E-state index in [1.165, 1.54) is 12.3 Å². The Labute approximate surface area is 159 Å². The number of aromatic nitrogens is 1. The fraction of sp³-hybridized carbons (Fsp3) is 0.450. The molecule has 0 aliphatic carbocycles. The molecule has 5 nitrogen and oxygen atoms in total. The number of hydrogen-bond acceptors (Lipinski definition) is 5. The molecular weight excluding hydrogens is 354 g/mol. The lowest BCUT2D eigenvalue weighted by Crippen LogP contribution is -2.48. The van der Waals surface area contributed by atoms with Crippen molar-refractivity contribution < 1.29 is 23.0 Å². The largest absolute Gasteiger partial charge is 0.436 e. The number of nitrogens with zero attached hydrogens (tertiary/aromatic N) is 1. The second kappa shape index (κ2) is 9.10. The van der Waals surface area contributed by atoms with E-state index >= 15 is 0 Å². The first kappa shape index (κ1) is 22.8. The Morgan fingerprint density at radius 3 is 1.96 bits per heavy atom. The van der Waals surface area contributed by atoms with Crippen LogP contribution in [-0.4, -0.2) is 30.4 Å². The number of hydrogen-bond donors (Lipinski definition) is 1. The van der Waals surface area contributed by atoms with Gasteiger partial charge in [0.25, 0.3) is 0 Å². The molecule has 2 aromatic rings. The molecule has 1 heterocycles. The first-order valence-corrected chi connectivity index (χ1v) is 8.39. The molecule has 0 amide bonds. The number of anilines is 1. The first-order chi connectivity index (χ1) is 12.4. The third-order valence-electron chi connectivity index (χ3n) is 4.62. The molecule has 0 bridgehead atoms. The predicted octanol–water partition coefficient (Wildman–Crippen LogP) is 4.88. The Morgan fingerprint density at radius 2 is 1.52 bits per heavy atom. The molecule has 0 unspecified atom stereocenters. The number of halogens is 2. The van der Waals surface area contributed by atoms with Gasteiger partial charge in [-0.3, -0.25) is 0 Å². The molecule has 0 aliphatic heterocycles. The van der Waals surface area contributed by atoms with E-state index in [1.807, 2.05) is 27.7 Å². The standard InChI is InChI=1S/C12H10F2N2O.C8H18O2/c1-7-4-9(15)6-16-12(7)17-11-3-2-8(13)5-10(11)14;1-7(2,9-5)8(3,4)10-6/h2-6H,15H2,1H3;1-6H3. The summed E-state index contributed by atoms with van der Waals surface area (Å²) < 4.78 is 41.8. The van der Waals surface area contributed by atoms with Gasteiger partial charge in [-0.1, -0.05) is 0 Å². The van der Waals surface area contributed by atoms with Crippen LogP contribution in [0.25, 0.3) is 0 Å². The zero-order valence-corrected chi connectivity index (χ0v) is 16.9. The van der Waals surface area contributed by atoms with Gasteiger partial charge < -0.3 is 19.9 Å². The Kier molecular flexibility index (Phi) is 7.68. The molecule has 150 valence electrons. The van der Waals surface area contributed by atoms with Gasteiger partial charge in [-0.25, -0.2) is 13.8 Å². The lowest BCUT2D eigenvalue weighted by molar-refractivity contribution is -0.147. The predicted molar refractivity (Wildman–Crippen MR) is 102 cm³/mol. The average molecular weight is 382 g/mol. The summed E-state index contributed by atoms with van der Waals surface area (Å²) in [7, 11) is 3.39. The third kappa shape index (κ3) is 6.15. The summed E-state index contributed by atoms with van der Waals surface area (Å²) >= 11 is 0. The van der Waals surface area contributed by atoms with Crippen molar-refractivity contribution in [1.29, 1.82) is 0 Å². The Bertz CT molecular complexity index is 701. The summed E-state index contributed by atoms with van der Waals surface area (Å²) in [5.41, 5.74) is 6.23. The number of methoxy groups -OCH3 is 2. The summed E-state index contributed by atoms with van der Waals surface area (Å²) in [6.45, 7) is 9.78. The highest BCUT2D eigenvalue weighted by Gasteiger charge is 2.36. The van der Waals surface area contributed by atoms with Gasteiger partial charge in [-0.15, -0.1) is 0 Å². The second-order valence-electron chi connectivity index (χ2n) is 7.00. The topological polar surface area (TPSA) is 66.6 Å². The van der Waals surface area contributed by atoms with E-state index in [-0.39, 0.29) is 22.8 Å². The maximum absolute atomic E-state index is 13.3. The van der Waals surface area contributed by atoms with Crippen molar-refractivity contribution in [1.82, 2.24) is 4.98 Å². The van der Waals surface area contributed by atoms with Gasteiger partial charge in [-0.2, -0.15) is 0 Å². The summed E-state index contributed by atoms with van der Waals surface area (Å²) in [4.78, 5) is 3.93. The maximum atomic E-state index is 13.3. The quantitative estimate of drug-likeness (QED) is 0.798. The van der Waals surface area contributed by atoms with Crippen molar-refractivity contribution in [3.05, 3.63) is 47.7 Å². The molecule has 2 N–H and O–H groups in total. The van der Waals surface area contributed by atoms with Gasteiger partial charge in [0.15, 0.2) is 11.6 Å². The van der Waals surface area contributed by atoms with Gasteiger partial charge in [0.05, 0.1) is 23.1 Å². The van der Waals surface area contributed by atoms with E-state index in [4.69, 9.17) is 19.9 Å². The zero-order valence-electron chi connectivity index (χ0n) is 16.9. The number of ether oxygens (including phenoxy) is 3. The Morgan fingerprint density at radius 1 is 0.963 bits per heavy atom. The molecule has 1 aromatic carbocycles. The molecule has 0 fully saturated rings. The lowest BCUT2D eigenvalue weighted by Gasteiger charge is -2.38. The van der Waals surface area contributed by atoms with E-state index in [9.17, 15) is 8.78 Å². The van der Waals surface area contributed by atoms with Crippen LogP contribution in [-0.2, 0) is 9.47 Å². The van der Waals surface area contributed by atoms with E-state index in [0.29, 0.717) is 11.3 Å². The monoisotopic (exact) mass is 382 g/mol. The summed E-state index contributed by atoms with van der Waals surface area (Å²) in [5, 5.41) is 0. The molecule has 0 saturated carbocycles. The average Bonchev–Trinajstić information content (AvgIpc) is 2.59. The van der Waals surface area contributed by atoms with Crippen LogP contribution in [0, 0.1) is 18.6 Å². The first-order valence-electron chi connectivity index (χ1n) is 8.39. The smallest absolute Gasteiger partial charge is 0.222 e. The van der Waals surface area contributed by atoms with Crippen LogP contribution >= 0.6 is 0 Å². The minimum Gasteiger partial charge on any atom is -0.436 e. The normalized spacial score (nSPS) is 11.6. The van der Waals surface area contributed by atoms with Gasteiger partial charge >= 0.3 is 0 Å². The molecule has 2 rings (SSSR count). The van der Waals surface area contributed by atoms with Crippen LogP contribution in [0.4, 0.5) is 14.5 Å². The second-order valence-corrected chi connectivity index (χ2v) is 7.00. The molecule has 0 spiro atoms. The van der Waals surface area contributed by atoms with E-state index in [2.05, 4.69) is 4.98 Å². The van der Waals surface area contributed by atoms with E-state index in [0.717, 1.165) is 12.1 Å². The molecule has 0 saturated heterocycles.